The number of H-pyrrole nitrogens is 1. The Kier molecular flexibility index (Phi) is 5.10. The van der Waals surface area contributed by atoms with Crippen LogP contribution < -0.4 is 15.5 Å². The van der Waals surface area contributed by atoms with Gasteiger partial charge in [0.15, 0.2) is 0 Å². The van der Waals surface area contributed by atoms with Gasteiger partial charge in [-0.15, -0.1) is 0 Å². The Labute approximate surface area is 141 Å². The second-order valence-corrected chi connectivity index (χ2v) is 6.38. The van der Waals surface area contributed by atoms with Crippen molar-refractivity contribution in [1.82, 2.24) is 25.8 Å². The molecule has 3 N–H and O–H groups in total. The number of benzene rings is 1. The minimum atomic E-state index is -0.251. The number of aromatic nitrogens is 3. The molecule has 7 nitrogen and oxygen atoms in total. The van der Waals surface area contributed by atoms with Crippen LogP contribution in [0.15, 0.2) is 30.6 Å². The van der Waals surface area contributed by atoms with E-state index in [1.54, 1.807) is 0 Å². The molecule has 1 aliphatic rings. The second kappa shape index (κ2) is 7.44. The molecule has 0 saturated carbocycles. The summed E-state index contributed by atoms with van der Waals surface area (Å²) in [6.45, 7) is 7.00. The number of aromatic amines is 1. The largest absolute Gasteiger partial charge is 0.351 e. The van der Waals surface area contributed by atoms with E-state index in [1.807, 2.05) is 4.90 Å². The Morgan fingerprint density at radius 1 is 1.38 bits per heavy atom. The van der Waals surface area contributed by atoms with Crippen molar-refractivity contribution in [1.29, 1.82) is 0 Å². The highest BCUT2D eigenvalue weighted by Gasteiger charge is 2.26. The predicted molar refractivity (Wildman–Crippen MR) is 92.8 cm³/mol. The fourth-order valence-corrected chi connectivity index (χ4v) is 2.80. The van der Waals surface area contributed by atoms with E-state index in [-0.39, 0.29) is 11.9 Å². The average Bonchev–Trinajstić information content (AvgIpc) is 3.15. The number of hydrogen-bond acceptors (Lipinski definition) is 5. The molecule has 2 aromatic rings. The molecule has 0 aliphatic carbocycles. The summed E-state index contributed by atoms with van der Waals surface area (Å²) in [6.07, 6.45) is 1.48. The van der Waals surface area contributed by atoms with E-state index < -0.39 is 0 Å². The van der Waals surface area contributed by atoms with Gasteiger partial charge in [0.25, 0.3) is 0 Å². The van der Waals surface area contributed by atoms with Crippen LogP contribution >= 0.6 is 0 Å². The first kappa shape index (κ1) is 16.4. The third kappa shape index (κ3) is 3.91. The zero-order chi connectivity index (χ0) is 16.9. The number of anilines is 1. The molecule has 7 heteroatoms. The Bertz CT molecular complexity index is 652. The van der Waals surface area contributed by atoms with Gasteiger partial charge in [-0.2, -0.15) is 10.1 Å². The van der Waals surface area contributed by atoms with Crippen LogP contribution in [0.5, 0.6) is 0 Å². The summed E-state index contributed by atoms with van der Waals surface area (Å²) in [6, 6.07) is 8.14. The SMILES string of the molecule is CC(C)c1ccc(CNC(=O)[C@H]2CN(c3ncn[nH]3)CCN2)cc1. The monoisotopic (exact) mass is 328 g/mol. The van der Waals surface area contributed by atoms with Crippen molar-refractivity contribution in [3.8, 4) is 0 Å². The first-order valence-electron chi connectivity index (χ1n) is 8.33. The van der Waals surface area contributed by atoms with Crippen LogP contribution in [0.25, 0.3) is 0 Å². The molecule has 3 rings (SSSR count). The average molecular weight is 328 g/mol. The standard InChI is InChI=1S/C17H24N6O/c1-12(2)14-5-3-13(4-6-14)9-19-16(24)15-10-23(8-7-18-15)17-20-11-21-22-17/h3-6,11-12,15,18H,7-10H2,1-2H3,(H,19,24)(H,20,21,22)/t15-/m1/s1. The quantitative estimate of drug-likeness (QED) is 0.763. The van der Waals surface area contributed by atoms with E-state index >= 15 is 0 Å². The summed E-state index contributed by atoms with van der Waals surface area (Å²) < 4.78 is 0. The van der Waals surface area contributed by atoms with Gasteiger partial charge in [-0.3, -0.25) is 4.79 Å². The number of piperazine rings is 1. The van der Waals surface area contributed by atoms with Gasteiger partial charge < -0.3 is 15.5 Å². The normalized spacial score (nSPS) is 18.0. The van der Waals surface area contributed by atoms with Crippen molar-refractivity contribution in [3.63, 3.8) is 0 Å². The van der Waals surface area contributed by atoms with E-state index in [9.17, 15) is 4.79 Å². The molecule has 0 bridgehead atoms. The highest BCUT2D eigenvalue weighted by molar-refractivity contribution is 5.82. The van der Waals surface area contributed by atoms with E-state index in [0.29, 0.717) is 25.0 Å². The van der Waals surface area contributed by atoms with Gasteiger partial charge in [0.1, 0.15) is 12.4 Å². The van der Waals surface area contributed by atoms with Gasteiger partial charge in [0, 0.05) is 26.2 Å². The number of hydrogen-bond donors (Lipinski definition) is 3. The molecule has 2 heterocycles. The molecule has 0 unspecified atom stereocenters. The Hall–Kier alpha value is -2.41. The maximum atomic E-state index is 12.4. The van der Waals surface area contributed by atoms with E-state index in [1.165, 1.54) is 11.9 Å². The van der Waals surface area contributed by atoms with Crippen molar-refractivity contribution in [2.24, 2.45) is 0 Å². The van der Waals surface area contributed by atoms with E-state index in [4.69, 9.17) is 0 Å². The number of rotatable bonds is 5. The predicted octanol–water partition coefficient (Wildman–Crippen LogP) is 1.02. The lowest BCUT2D eigenvalue weighted by Crippen LogP contribution is -2.57. The van der Waals surface area contributed by atoms with Crippen molar-refractivity contribution >= 4 is 11.9 Å². The van der Waals surface area contributed by atoms with Gasteiger partial charge >= 0.3 is 0 Å². The number of carbonyl (C=O) groups excluding carboxylic acids is 1. The van der Waals surface area contributed by atoms with Crippen LogP contribution in [0.1, 0.15) is 30.9 Å². The lowest BCUT2D eigenvalue weighted by atomic mass is 10.0. The van der Waals surface area contributed by atoms with Gasteiger partial charge in [-0.1, -0.05) is 38.1 Å². The third-order valence-corrected chi connectivity index (χ3v) is 4.31. The second-order valence-electron chi connectivity index (χ2n) is 6.38. The van der Waals surface area contributed by atoms with Crippen molar-refractivity contribution in [2.45, 2.75) is 32.4 Å². The highest BCUT2D eigenvalue weighted by atomic mass is 16.2. The lowest BCUT2D eigenvalue weighted by Gasteiger charge is -2.32. The number of nitrogens with zero attached hydrogens (tertiary/aromatic N) is 3. The third-order valence-electron chi connectivity index (χ3n) is 4.31. The van der Waals surface area contributed by atoms with Crippen LogP contribution in [0.4, 0.5) is 5.95 Å². The van der Waals surface area contributed by atoms with Crippen LogP contribution in [0, 0.1) is 0 Å². The molecule has 1 atom stereocenters. The Morgan fingerprint density at radius 3 is 2.83 bits per heavy atom. The summed E-state index contributed by atoms with van der Waals surface area (Å²) in [5.74, 6) is 1.23. The molecule has 1 saturated heterocycles. The first-order valence-corrected chi connectivity index (χ1v) is 8.33. The summed E-state index contributed by atoms with van der Waals surface area (Å²) in [7, 11) is 0. The molecule has 1 amide bonds. The van der Waals surface area contributed by atoms with Gasteiger partial charge in [-0.05, 0) is 17.0 Å². The Balaban J connectivity index is 1.53. The van der Waals surface area contributed by atoms with Crippen molar-refractivity contribution < 1.29 is 4.79 Å². The molecule has 0 spiro atoms. The molecule has 1 aromatic carbocycles. The van der Waals surface area contributed by atoms with E-state index in [2.05, 4.69) is 63.9 Å². The van der Waals surface area contributed by atoms with Gasteiger partial charge in [0.2, 0.25) is 11.9 Å². The number of carbonyl (C=O) groups is 1. The molecule has 1 fully saturated rings. The zero-order valence-corrected chi connectivity index (χ0v) is 14.1. The fraction of sp³-hybridized carbons (Fsp3) is 0.471. The van der Waals surface area contributed by atoms with Crippen molar-refractivity contribution in [3.05, 3.63) is 41.7 Å². The molecule has 1 aromatic heterocycles. The maximum Gasteiger partial charge on any atom is 0.239 e. The molecule has 128 valence electrons. The maximum absolute atomic E-state index is 12.4. The molecular formula is C17H24N6O. The molecule has 1 aliphatic heterocycles. The smallest absolute Gasteiger partial charge is 0.239 e. The number of amides is 1. The van der Waals surface area contributed by atoms with Gasteiger partial charge in [-0.25, -0.2) is 5.10 Å². The zero-order valence-electron chi connectivity index (χ0n) is 14.1. The summed E-state index contributed by atoms with van der Waals surface area (Å²) >= 11 is 0. The summed E-state index contributed by atoms with van der Waals surface area (Å²) in [4.78, 5) is 18.6. The first-order chi connectivity index (χ1) is 11.6. The molecular weight excluding hydrogens is 304 g/mol. The van der Waals surface area contributed by atoms with E-state index in [0.717, 1.165) is 18.7 Å². The van der Waals surface area contributed by atoms with Crippen LogP contribution in [-0.2, 0) is 11.3 Å². The minimum Gasteiger partial charge on any atom is -0.351 e. The van der Waals surface area contributed by atoms with Crippen LogP contribution in [0.2, 0.25) is 0 Å². The number of nitrogens with one attached hydrogen (secondary N) is 3. The lowest BCUT2D eigenvalue weighted by molar-refractivity contribution is -0.123. The van der Waals surface area contributed by atoms with Crippen LogP contribution in [-0.4, -0.2) is 46.8 Å². The fourth-order valence-electron chi connectivity index (χ4n) is 2.80. The topological polar surface area (TPSA) is 85.9 Å². The highest BCUT2D eigenvalue weighted by Crippen LogP contribution is 2.14. The Morgan fingerprint density at radius 2 is 2.17 bits per heavy atom. The molecule has 24 heavy (non-hydrogen) atoms. The molecule has 0 radical (unpaired) electrons. The summed E-state index contributed by atoms with van der Waals surface area (Å²) in [5.41, 5.74) is 2.41. The minimum absolute atomic E-state index is 0.00662. The van der Waals surface area contributed by atoms with Crippen molar-refractivity contribution in [2.75, 3.05) is 24.5 Å². The van der Waals surface area contributed by atoms with Gasteiger partial charge in [0.05, 0.1) is 0 Å². The summed E-state index contributed by atoms with van der Waals surface area (Å²) in [5, 5.41) is 13.0. The van der Waals surface area contributed by atoms with Crippen LogP contribution in [0.3, 0.4) is 0 Å².